The molecule has 0 heterocycles. The van der Waals surface area contributed by atoms with Crippen molar-refractivity contribution in [2.45, 2.75) is 33.8 Å². The van der Waals surface area contributed by atoms with Gasteiger partial charge in [-0.1, -0.05) is 7.43 Å². The van der Waals surface area contributed by atoms with Gasteiger partial charge in [0.15, 0.2) is 0 Å². The van der Waals surface area contributed by atoms with Crippen LogP contribution in [0.2, 0.25) is 0 Å². The summed E-state index contributed by atoms with van der Waals surface area (Å²) in [6.07, 6.45) is 0. The monoisotopic (exact) mass is 90.1 g/mol. The SMILES string of the molecule is C.CC(C)(C)O. The molecule has 0 fully saturated rings. The minimum absolute atomic E-state index is 0. The van der Waals surface area contributed by atoms with Crippen molar-refractivity contribution in [3.8, 4) is 0 Å². The molecular formula is C5H14O. The fourth-order valence-electron chi connectivity index (χ4n) is 0. The van der Waals surface area contributed by atoms with Crippen LogP contribution in [0.4, 0.5) is 0 Å². The first-order valence-corrected chi connectivity index (χ1v) is 1.72. The Morgan fingerprint density at radius 1 is 1.17 bits per heavy atom. The van der Waals surface area contributed by atoms with Crippen molar-refractivity contribution >= 4 is 0 Å². The quantitative estimate of drug-likeness (QED) is 0.477. The van der Waals surface area contributed by atoms with Gasteiger partial charge in [0.2, 0.25) is 0 Å². The van der Waals surface area contributed by atoms with Crippen molar-refractivity contribution in [1.82, 2.24) is 0 Å². The Balaban J connectivity index is 0. The van der Waals surface area contributed by atoms with E-state index in [2.05, 4.69) is 0 Å². The molecule has 0 bridgehead atoms. The highest BCUT2D eigenvalue weighted by Crippen LogP contribution is 1.93. The van der Waals surface area contributed by atoms with Gasteiger partial charge in [-0.2, -0.15) is 0 Å². The zero-order valence-corrected chi connectivity index (χ0v) is 3.95. The summed E-state index contributed by atoms with van der Waals surface area (Å²) in [4.78, 5) is 0. The molecule has 0 spiro atoms. The Labute approximate surface area is 40.0 Å². The number of rotatable bonds is 0. The summed E-state index contributed by atoms with van der Waals surface area (Å²) in [6.45, 7) is 5.23. The summed E-state index contributed by atoms with van der Waals surface area (Å²) < 4.78 is 0. The fourth-order valence-corrected chi connectivity index (χ4v) is 0. The van der Waals surface area contributed by atoms with Crippen molar-refractivity contribution in [2.75, 3.05) is 0 Å². The van der Waals surface area contributed by atoms with E-state index in [9.17, 15) is 0 Å². The van der Waals surface area contributed by atoms with Crippen molar-refractivity contribution in [3.63, 3.8) is 0 Å². The topological polar surface area (TPSA) is 20.2 Å². The second-order valence-electron chi connectivity index (χ2n) is 2.17. The van der Waals surface area contributed by atoms with Crippen LogP contribution in [-0.2, 0) is 0 Å². The molecular weight excluding hydrogens is 76.1 g/mol. The van der Waals surface area contributed by atoms with Gasteiger partial charge in [-0.05, 0) is 20.8 Å². The number of aliphatic hydroxyl groups is 1. The number of hydrogen-bond acceptors (Lipinski definition) is 1. The predicted octanol–water partition coefficient (Wildman–Crippen LogP) is 1.41. The van der Waals surface area contributed by atoms with Crippen molar-refractivity contribution in [2.24, 2.45) is 0 Å². The molecule has 0 saturated heterocycles. The van der Waals surface area contributed by atoms with Crippen molar-refractivity contribution in [3.05, 3.63) is 0 Å². The standard InChI is InChI=1S/C4H10O.CH4/c1-4(2,3)5;/h5H,1-3H3;1H4. The van der Waals surface area contributed by atoms with Gasteiger partial charge in [-0.25, -0.2) is 0 Å². The Morgan fingerprint density at radius 3 is 1.17 bits per heavy atom. The zero-order chi connectivity index (χ0) is 4.50. The van der Waals surface area contributed by atoms with E-state index in [1.807, 2.05) is 0 Å². The van der Waals surface area contributed by atoms with E-state index in [0.717, 1.165) is 0 Å². The van der Waals surface area contributed by atoms with Gasteiger partial charge in [0.05, 0.1) is 5.60 Å². The lowest BCUT2D eigenvalue weighted by atomic mass is 10.2. The molecule has 0 rings (SSSR count). The van der Waals surface area contributed by atoms with Crippen LogP contribution in [0.5, 0.6) is 0 Å². The molecule has 40 valence electrons. The van der Waals surface area contributed by atoms with E-state index in [1.54, 1.807) is 20.8 Å². The normalized spacial score (nSPS) is 10.0. The predicted molar refractivity (Wildman–Crippen MR) is 28.7 cm³/mol. The third kappa shape index (κ3) is 21700. The second-order valence-corrected chi connectivity index (χ2v) is 2.17. The summed E-state index contributed by atoms with van der Waals surface area (Å²) in [6, 6.07) is 0. The summed E-state index contributed by atoms with van der Waals surface area (Å²) >= 11 is 0. The average Bonchev–Trinajstić information content (AvgIpc) is 0.722. The van der Waals surface area contributed by atoms with Gasteiger partial charge in [0.25, 0.3) is 0 Å². The number of hydrogen-bond donors (Lipinski definition) is 1. The van der Waals surface area contributed by atoms with Crippen LogP contribution in [-0.4, -0.2) is 10.7 Å². The molecule has 0 aromatic carbocycles. The zero-order valence-electron chi connectivity index (χ0n) is 3.95. The molecule has 0 saturated carbocycles. The average molecular weight is 90.2 g/mol. The largest absolute Gasteiger partial charge is 0.391 e. The van der Waals surface area contributed by atoms with Crippen LogP contribution in [0.25, 0.3) is 0 Å². The Morgan fingerprint density at radius 2 is 1.17 bits per heavy atom. The van der Waals surface area contributed by atoms with E-state index in [1.165, 1.54) is 0 Å². The van der Waals surface area contributed by atoms with Crippen LogP contribution in [0, 0.1) is 0 Å². The molecule has 0 aromatic heterocycles. The highest BCUT2D eigenvalue weighted by molar-refractivity contribution is 4.50. The molecule has 0 radical (unpaired) electrons. The smallest absolute Gasteiger partial charge is 0.0563 e. The maximum atomic E-state index is 8.52. The first-order chi connectivity index (χ1) is 2.00. The fraction of sp³-hybridized carbons (Fsp3) is 1.00. The molecule has 6 heavy (non-hydrogen) atoms. The van der Waals surface area contributed by atoms with Gasteiger partial charge in [-0.15, -0.1) is 0 Å². The Kier molecular flexibility index (Phi) is 3.41. The van der Waals surface area contributed by atoms with E-state index >= 15 is 0 Å². The van der Waals surface area contributed by atoms with Crippen LogP contribution < -0.4 is 0 Å². The van der Waals surface area contributed by atoms with Crippen LogP contribution in [0.1, 0.15) is 28.2 Å². The molecule has 0 aliphatic carbocycles. The second kappa shape index (κ2) is 2.19. The Hall–Kier alpha value is -0.0400. The van der Waals surface area contributed by atoms with Crippen molar-refractivity contribution in [1.29, 1.82) is 0 Å². The minimum Gasteiger partial charge on any atom is -0.391 e. The van der Waals surface area contributed by atoms with Gasteiger partial charge in [0, 0.05) is 0 Å². The Bertz CT molecular complexity index is 19.4. The molecule has 1 nitrogen and oxygen atoms in total. The van der Waals surface area contributed by atoms with Gasteiger partial charge < -0.3 is 5.11 Å². The van der Waals surface area contributed by atoms with E-state index < -0.39 is 5.60 Å². The summed E-state index contributed by atoms with van der Waals surface area (Å²) in [5, 5.41) is 8.52. The molecule has 0 atom stereocenters. The van der Waals surface area contributed by atoms with E-state index in [4.69, 9.17) is 5.11 Å². The minimum atomic E-state index is -0.500. The van der Waals surface area contributed by atoms with Crippen LogP contribution in [0.3, 0.4) is 0 Å². The van der Waals surface area contributed by atoms with Crippen molar-refractivity contribution < 1.29 is 5.11 Å². The lowest BCUT2D eigenvalue weighted by molar-refractivity contribution is 0.102. The summed E-state index contributed by atoms with van der Waals surface area (Å²) in [7, 11) is 0. The third-order valence-electron chi connectivity index (χ3n) is 0. The molecule has 1 N–H and O–H groups in total. The molecule has 0 unspecified atom stereocenters. The summed E-state index contributed by atoms with van der Waals surface area (Å²) in [5.74, 6) is 0. The van der Waals surface area contributed by atoms with Crippen LogP contribution in [0.15, 0.2) is 0 Å². The maximum absolute atomic E-state index is 8.52. The van der Waals surface area contributed by atoms with Crippen LogP contribution >= 0.6 is 0 Å². The first-order valence-electron chi connectivity index (χ1n) is 1.72. The third-order valence-corrected chi connectivity index (χ3v) is 0. The highest BCUT2D eigenvalue weighted by Gasteiger charge is 1.97. The molecule has 1 heteroatoms. The van der Waals surface area contributed by atoms with E-state index in [-0.39, 0.29) is 7.43 Å². The molecule has 0 aliphatic heterocycles. The van der Waals surface area contributed by atoms with Gasteiger partial charge in [0.1, 0.15) is 0 Å². The van der Waals surface area contributed by atoms with Gasteiger partial charge >= 0.3 is 0 Å². The molecule has 0 aliphatic rings. The van der Waals surface area contributed by atoms with Gasteiger partial charge in [-0.3, -0.25) is 0 Å². The lowest BCUT2D eigenvalue weighted by Gasteiger charge is -2.04. The van der Waals surface area contributed by atoms with E-state index in [0.29, 0.717) is 0 Å². The first kappa shape index (κ1) is 9.35. The maximum Gasteiger partial charge on any atom is 0.0563 e. The lowest BCUT2D eigenvalue weighted by Crippen LogP contribution is -2.10. The highest BCUT2D eigenvalue weighted by atomic mass is 16.3. The molecule has 0 amide bonds. The summed E-state index contributed by atoms with van der Waals surface area (Å²) in [5.41, 5.74) is -0.500. The molecule has 0 aromatic rings.